The molecule has 0 spiro atoms. The number of rotatable bonds is 4. The molecule has 26 heavy (non-hydrogen) atoms. The Bertz CT molecular complexity index is 855. The molecule has 1 aromatic carbocycles. The Morgan fingerprint density at radius 3 is 2.77 bits per heavy atom. The van der Waals surface area contributed by atoms with Crippen LogP contribution < -0.4 is 0 Å². The van der Waals surface area contributed by atoms with Crippen LogP contribution in [0, 0.1) is 11.3 Å². The van der Waals surface area contributed by atoms with Gasteiger partial charge < -0.3 is 0 Å². The molecule has 1 atom stereocenters. The zero-order chi connectivity index (χ0) is 17.9. The van der Waals surface area contributed by atoms with Crippen LogP contribution in [0.1, 0.15) is 22.8 Å². The summed E-state index contributed by atoms with van der Waals surface area (Å²) in [6, 6.07) is 16.8. The van der Waals surface area contributed by atoms with Gasteiger partial charge in [0.2, 0.25) is 5.91 Å². The zero-order valence-corrected chi connectivity index (χ0v) is 15.9. The lowest BCUT2D eigenvalue weighted by Crippen LogP contribution is -2.47. The number of hydrogen-bond acceptors (Lipinski definition) is 5. The molecule has 0 aliphatic carbocycles. The number of thioether (sulfide) groups is 1. The third-order valence-electron chi connectivity index (χ3n) is 4.80. The summed E-state index contributed by atoms with van der Waals surface area (Å²) >= 11 is 3.24. The first kappa shape index (κ1) is 17.3. The lowest BCUT2D eigenvalue weighted by atomic mass is 9.92. The number of thiophene rings is 1. The summed E-state index contributed by atoms with van der Waals surface area (Å²) in [7, 11) is 0. The van der Waals surface area contributed by atoms with Gasteiger partial charge in [-0.25, -0.2) is 0 Å². The van der Waals surface area contributed by atoms with Crippen molar-refractivity contribution in [3.63, 3.8) is 0 Å². The van der Waals surface area contributed by atoms with E-state index in [4.69, 9.17) is 0 Å². The van der Waals surface area contributed by atoms with E-state index in [9.17, 15) is 10.1 Å². The predicted molar refractivity (Wildman–Crippen MR) is 105 cm³/mol. The Labute approximate surface area is 161 Å². The normalized spacial score (nSPS) is 20.8. The Kier molecular flexibility index (Phi) is 5.11. The van der Waals surface area contributed by atoms with E-state index in [1.165, 1.54) is 5.56 Å². The van der Waals surface area contributed by atoms with Gasteiger partial charge in [-0.2, -0.15) is 5.26 Å². The third-order valence-corrected chi connectivity index (χ3v) is 6.99. The van der Waals surface area contributed by atoms with E-state index in [-0.39, 0.29) is 11.8 Å². The van der Waals surface area contributed by atoms with E-state index in [1.54, 1.807) is 23.1 Å². The van der Waals surface area contributed by atoms with E-state index in [0.717, 1.165) is 34.3 Å². The molecule has 2 aromatic rings. The molecule has 0 N–H and O–H groups in total. The highest BCUT2D eigenvalue weighted by molar-refractivity contribution is 8.03. The van der Waals surface area contributed by atoms with Gasteiger partial charge >= 0.3 is 0 Å². The molecular weight excluding hydrogens is 362 g/mol. The number of amides is 1. The molecule has 1 aromatic heterocycles. The van der Waals surface area contributed by atoms with Crippen molar-refractivity contribution in [3.8, 4) is 6.07 Å². The number of hydrogen-bond donors (Lipinski definition) is 0. The van der Waals surface area contributed by atoms with Crippen molar-refractivity contribution in [2.24, 2.45) is 0 Å². The highest BCUT2D eigenvalue weighted by Gasteiger charge is 2.38. The molecule has 4 nitrogen and oxygen atoms in total. The fourth-order valence-electron chi connectivity index (χ4n) is 3.41. The minimum atomic E-state index is -0.0814. The first-order valence-corrected chi connectivity index (χ1v) is 10.5. The number of carbonyl (C=O) groups excluding carboxylic acids is 1. The summed E-state index contributed by atoms with van der Waals surface area (Å²) in [6.07, 6.45) is 1.35. The molecule has 0 saturated carbocycles. The quantitative estimate of drug-likeness (QED) is 0.803. The fraction of sp³-hybridized carbons (Fsp3) is 0.300. The van der Waals surface area contributed by atoms with Gasteiger partial charge in [-0.3, -0.25) is 14.6 Å². The lowest BCUT2D eigenvalue weighted by Gasteiger charge is -2.41. The Morgan fingerprint density at radius 1 is 1.19 bits per heavy atom. The molecule has 2 aliphatic rings. The number of allylic oxidation sites excluding steroid dienone is 1. The zero-order valence-electron chi connectivity index (χ0n) is 14.3. The van der Waals surface area contributed by atoms with Gasteiger partial charge in [0, 0.05) is 23.8 Å². The summed E-state index contributed by atoms with van der Waals surface area (Å²) in [5, 5.41) is 12.6. The number of benzene rings is 1. The van der Waals surface area contributed by atoms with Crippen LogP contribution in [0.4, 0.5) is 0 Å². The third kappa shape index (κ3) is 3.43. The topological polar surface area (TPSA) is 47.3 Å². The van der Waals surface area contributed by atoms with Crippen molar-refractivity contribution in [1.82, 2.24) is 9.80 Å². The maximum Gasteiger partial charge on any atom is 0.229 e. The average Bonchev–Trinajstić information content (AvgIpc) is 3.22. The predicted octanol–water partition coefficient (Wildman–Crippen LogP) is 4.01. The van der Waals surface area contributed by atoms with Crippen molar-refractivity contribution >= 4 is 29.0 Å². The standard InChI is InChI=1S/C20H19N3OS2/c21-12-17-16(18-7-4-10-25-18)11-19(24)23-13-22(14-26-20(17)23)9-8-15-5-2-1-3-6-15/h1-7,10,16H,8-9,11,13-14H2/t16-/m0/s1. The van der Waals surface area contributed by atoms with Crippen LogP contribution in [0.3, 0.4) is 0 Å². The maximum absolute atomic E-state index is 12.8. The van der Waals surface area contributed by atoms with E-state index in [1.807, 2.05) is 28.5 Å². The largest absolute Gasteiger partial charge is 0.292 e. The molecule has 1 fully saturated rings. The summed E-state index contributed by atoms with van der Waals surface area (Å²) < 4.78 is 0. The highest BCUT2D eigenvalue weighted by Crippen LogP contribution is 2.43. The molecule has 0 radical (unpaired) electrons. The van der Waals surface area contributed by atoms with Crippen LogP contribution >= 0.6 is 23.1 Å². The number of carbonyl (C=O) groups is 1. The molecule has 2 aliphatic heterocycles. The summed E-state index contributed by atoms with van der Waals surface area (Å²) in [5.74, 6) is 0.852. The van der Waals surface area contributed by atoms with E-state index in [0.29, 0.717) is 13.1 Å². The van der Waals surface area contributed by atoms with Crippen molar-refractivity contribution in [2.75, 3.05) is 19.1 Å². The molecule has 132 valence electrons. The molecule has 0 unspecified atom stereocenters. The second-order valence-electron chi connectivity index (χ2n) is 6.47. The minimum absolute atomic E-state index is 0.0814. The molecule has 3 heterocycles. The first-order valence-electron chi connectivity index (χ1n) is 8.63. The van der Waals surface area contributed by atoms with Gasteiger partial charge in [-0.05, 0) is 23.4 Å². The van der Waals surface area contributed by atoms with Gasteiger partial charge in [-0.1, -0.05) is 48.2 Å². The fourth-order valence-corrected chi connectivity index (χ4v) is 5.42. The maximum atomic E-state index is 12.8. The van der Waals surface area contributed by atoms with Crippen molar-refractivity contribution in [3.05, 3.63) is 68.9 Å². The van der Waals surface area contributed by atoms with Crippen molar-refractivity contribution < 1.29 is 4.79 Å². The molecular formula is C20H19N3OS2. The number of nitriles is 1. The SMILES string of the molecule is N#CC1=C2SCN(CCc3ccccc3)CN2C(=O)C[C@@H]1c1cccs1. The van der Waals surface area contributed by atoms with E-state index < -0.39 is 0 Å². The lowest BCUT2D eigenvalue weighted by molar-refractivity contribution is -0.131. The van der Waals surface area contributed by atoms with Gasteiger partial charge in [0.25, 0.3) is 0 Å². The van der Waals surface area contributed by atoms with Crippen LogP contribution in [0.2, 0.25) is 0 Å². The second kappa shape index (κ2) is 7.67. The number of nitrogens with zero attached hydrogens (tertiary/aromatic N) is 3. The number of fused-ring (bicyclic) bond motifs is 1. The molecule has 6 heteroatoms. The summed E-state index contributed by atoms with van der Waals surface area (Å²) in [4.78, 5) is 18.0. The Balaban J connectivity index is 1.50. The van der Waals surface area contributed by atoms with Gasteiger partial charge in [0.05, 0.1) is 29.2 Å². The van der Waals surface area contributed by atoms with Gasteiger partial charge in [0.15, 0.2) is 0 Å². The smallest absolute Gasteiger partial charge is 0.229 e. The Morgan fingerprint density at radius 2 is 2.04 bits per heavy atom. The summed E-state index contributed by atoms with van der Waals surface area (Å²) in [5.41, 5.74) is 2.05. The van der Waals surface area contributed by atoms with E-state index >= 15 is 0 Å². The molecule has 4 rings (SSSR count). The second-order valence-corrected chi connectivity index (χ2v) is 8.38. The van der Waals surface area contributed by atoms with Crippen LogP contribution in [0.25, 0.3) is 0 Å². The van der Waals surface area contributed by atoms with Crippen LogP contribution in [0.5, 0.6) is 0 Å². The van der Waals surface area contributed by atoms with Gasteiger partial charge in [0.1, 0.15) is 0 Å². The van der Waals surface area contributed by atoms with E-state index in [2.05, 4.69) is 35.2 Å². The highest BCUT2D eigenvalue weighted by atomic mass is 32.2. The summed E-state index contributed by atoms with van der Waals surface area (Å²) in [6.45, 7) is 1.49. The van der Waals surface area contributed by atoms with Crippen molar-refractivity contribution in [2.45, 2.75) is 18.8 Å². The van der Waals surface area contributed by atoms with Gasteiger partial charge in [-0.15, -0.1) is 11.3 Å². The van der Waals surface area contributed by atoms with Crippen molar-refractivity contribution in [1.29, 1.82) is 5.26 Å². The monoisotopic (exact) mass is 381 g/mol. The first-order chi connectivity index (χ1) is 12.8. The minimum Gasteiger partial charge on any atom is -0.292 e. The molecule has 1 saturated heterocycles. The Hall–Kier alpha value is -2.07. The molecule has 0 bridgehead atoms. The average molecular weight is 382 g/mol. The van der Waals surface area contributed by atoms with Crippen LogP contribution in [-0.2, 0) is 11.2 Å². The van der Waals surface area contributed by atoms with Crippen LogP contribution in [0.15, 0.2) is 58.4 Å². The molecule has 1 amide bonds. The van der Waals surface area contributed by atoms with Crippen LogP contribution in [-0.4, -0.2) is 34.8 Å².